The molecule has 9 rings (SSSR count). The van der Waals surface area contributed by atoms with Gasteiger partial charge < -0.3 is 13.7 Å². The predicted molar refractivity (Wildman–Crippen MR) is 187 cm³/mol. The molecule has 0 N–H and O–H groups in total. The monoisotopic (exact) mass is 577 g/mol. The van der Waals surface area contributed by atoms with Crippen LogP contribution in [0.3, 0.4) is 0 Å². The van der Waals surface area contributed by atoms with Crippen molar-refractivity contribution in [1.29, 1.82) is 0 Å². The fraction of sp³-hybridized carbons (Fsp3) is 0. The molecule has 0 unspecified atom stereocenters. The lowest BCUT2D eigenvalue weighted by molar-refractivity contribution is 0.669. The molecule has 0 atom stereocenters. The quantitative estimate of drug-likeness (QED) is 0.204. The molecule has 0 saturated carbocycles. The topological polar surface area (TPSA) is 29.5 Å². The molecular formula is C42H27NO2. The van der Waals surface area contributed by atoms with Gasteiger partial charge in [0, 0.05) is 33.1 Å². The first-order chi connectivity index (χ1) is 22.3. The molecule has 2 aromatic heterocycles. The van der Waals surface area contributed by atoms with E-state index in [9.17, 15) is 0 Å². The Kier molecular flexibility index (Phi) is 5.82. The molecule has 7 aromatic carbocycles. The second-order valence-electron chi connectivity index (χ2n) is 11.3. The maximum atomic E-state index is 6.43. The summed E-state index contributed by atoms with van der Waals surface area (Å²) in [7, 11) is 0. The van der Waals surface area contributed by atoms with Gasteiger partial charge in [-0.2, -0.15) is 0 Å². The van der Waals surface area contributed by atoms with E-state index in [1.165, 1.54) is 11.1 Å². The molecule has 9 aromatic rings. The number of hydrogen-bond acceptors (Lipinski definition) is 3. The molecular weight excluding hydrogens is 550 g/mol. The lowest BCUT2D eigenvalue weighted by Gasteiger charge is -2.27. The molecule has 3 heteroatoms. The van der Waals surface area contributed by atoms with Gasteiger partial charge in [0.2, 0.25) is 0 Å². The van der Waals surface area contributed by atoms with E-state index < -0.39 is 0 Å². The van der Waals surface area contributed by atoms with E-state index in [2.05, 4.69) is 132 Å². The largest absolute Gasteiger partial charge is 0.456 e. The summed E-state index contributed by atoms with van der Waals surface area (Å²) in [6, 6.07) is 57.2. The minimum atomic E-state index is 0.864. The van der Waals surface area contributed by atoms with Crippen molar-refractivity contribution in [2.24, 2.45) is 0 Å². The molecule has 45 heavy (non-hydrogen) atoms. The van der Waals surface area contributed by atoms with Crippen molar-refractivity contribution in [2.45, 2.75) is 0 Å². The van der Waals surface area contributed by atoms with Crippen LogP contribution < -0.4 is 4.90 Å². The van der Waals surface area contributed by atoms with E-state index in [0.29, 0.717) is 0 Å². The van der Waals surface area contributed by atoms with Crippen molar-refractivity contribution in [1.82, 2.24) is 0 Å². The fourth-order valence-electron chi connectivity index (χ4n) is 6.59. The average Bonchev–Trinajstić information content (AvgIpc) is 3.68. The first-order valence-corrected chi connectivity index (χ1v) is 15.2. The van der Waals surface area contributed by atoms with Gasteiger partial charge in [0.1, 0.15) is 22.3 Å². The predicted octanol–water partition coefficient (Wildman–Crippen LogP) is 12.3. The third kappa shape index (κ3) is 4.21. The maximum absolute atomic E-state index is 6.43. The highest BCUT2D eigenvalue weighted by Crippen LogP contribution is 2.44. The van der Waals surface area contributed by atoms with Crippen molar-refractivity contribution >= 4 is 60.9 Å². The molecule has 0 aliphatic heterocycles. The second kappa shape index (κ2) is 10.3. The summed E-state index contributed by atoms with van der Waals surface area (Å²) >= 11 is 0. The van der Waals surface area contributed by atoms with Crippen LogP contribution in [-0.4, -0.2) is 0 Å². The van der Waals surface area contributed by atoms with Crippen LogP contribution in [-0.2, 0) is 0 Å². The van der Waals surface area contributed by atoms with Gasteiger partial charge in [-0.05, 0) is 65.2 Å². The lowest BCUT2D eigenvalue weighted by Crippen LogP contribution is -2.10. The van der Waals surface area contributed by atoms with Crippen molar-refractivity contribution < 1.29 is 8.83 Å². The SMILES string of the molecule is c1ccc(-c2ccc(N(c3cccc(-c4cccc5c4oc4ccccc45)c3)c3cccc4oc5ccccc5c34)cc2)cc1. The number of rotatable bonds is 5. The average molecular weight is 578 g/mol. The standard InChI is InChI=1S/C42H27NO2/c1-2-11-28(12-3-1)29-23-25-31(26-24-29)43(37-19-10-22-40-41(37)36-16-5-7-21-39(36)44-40)32-14-8-13-30(27-32)33-17-9-18-35-34-15-4-6-20-38(34)45-42(33)35/h1-27H. The minimum absolute atomic E-state index is 0.864. The van der Waals surface area contributed by atoms with Gasteiger partial charge in [-0.15, -0.1) is 0 Å². The van der Waals surface area contributed by atoms with E-state index in [1.807, 2.05) is 36.4 Å². The van der Waals surface area contributed by atoms with E-state index in [1.54, 1.807) is 0 Å². The minimum Gasteiger partial charge on any atom is -0.456 e. The molecule has 0 aliphatic carbocycles. The highest BCUT2D eigenvalue weighted by molar-refractivity contribution is 6.14. The second-order valence-corrected chi connectivity index (χ2v) is 11.3. The van der Waals surface area contributed by atoms with Gasteiger partial charge in [-0.1, -0.05) is 115 Å². The smallest absolute Gasteiger partial charge is 0.143 e. The van der Waals surface area contributed by atoms with Gasteiger partial charge in [0.15, 0.2) is 0 Å². The van der Waals surface area contributed by atoms with Crippen LogP contribution in [0.5, 0.6) is 0 Å². The van der Waals surface area contributed by atoms with Crippen molar-refractivity contribution in [3.05, 3.63) is 164 Å². The molecule has 0 amide bonds. The molecule has 212 valence electrons. The van der Waals surface area contributed by atoms with Gasteiger partial charge in [-0.3, -0.25) is 0 Å². The van der Waals surface area contributed by atoms with Crippen LogP contribution >= 0.6 is 0 Å². The third-order valence-electron chi connectivity index (χ3n) is 8.67. The normalized spacial score (nSPS) is 11.6. The number of furan rings is 2. The number of hydrogen-bond donors (Lipinski definition) is 0. The van der Waals surface area contributed by atoms with E-state index >= 15 is 0 Å². The van der Waals surface area contributed by atoms with Crippen LogP contribution in [0.2, 0.25) is 0 Å². The van der Waals surface area contributed by atoms with Gasteiger partial charge in [0.25, 0.3) is 0 Å². The Morgan fingerprint density at radius 2 is 1.00 bits per heavy atom. The fourth-order valence-corrected chi connectivity index (χ4v) is 6.59. The molecule has 0 fully saturated rings. The summed E-state index contributed by atoms with van der Waals surface area (Å²) in [6.45, 7) is 0. The summed E-state index contributed by atoms with van der Waals surface area (Å²) in [4.78, 5) is 2.33. The molecule has 0 aliphatic rings. The van der Waals surface area contributed by atoms with Gasteiger partial charge >= 0.3 is 0 Å². The number of anilines is 3. The van der Waals surface area contributed by atoms with Crippen molar-refractivity contribution in [3.63, 3.8) is 0 Å². The van der Waals surface area contributed by atoms with Gasteiger partial charge in [-0.25, -0.2) is 0 Å². The Morgan fingerprint density at radius 3 is 1.84 bits per heavy atom. The highest BCUT2D eigenvalue weighted by atomic mass is 16.3. The van der Waals surface area contributed by atoms with Crippen LogP contribution in [0.1, 0.15) is 0 Å². The van der Waals surface area contributed by atoms with Crippen molar-refractivity contribution in [3.8, 4) is 22.3 Å². The zero-order valence-corrected chi connectivity index (χ0v) is 24.4. The zero-order chi connectivity index (χ0) is 29.7. The summed E-state index contributed by atoms with van der Waals surface area (Å²) in [6.07, 6.45) is 0. The third-order valence-corrected chi connectivity index (χ3v) is 8.67. The zero-order valence-electron chi connectivity index (χ0n) is 24.4. The van der Waals surface area contributed by atoms with Crippen LogP contribution in [0.4, 0.5) is 17.1 Å². The summed E-state index contributed by atoms with van der Waals surface area (Å²) in [5.41, 5.74) is 11.2. The number of fused-ring (bicyclic) bond motifs is 6. The van der Waals surface area contributed by atoms with Crippen LogP contribution in [0.25, 0.3) is 66.1 Å². The Labute approximate surface area is 260 Å². The van der Waals surface area contributed by atoms with E-state index in [4.69, 9.17) is 8.83 Å². The van der Waals surface area contributed by atoms with Crippen LogP contribution in [0.15, 0.2) is 173 Å². The Hall–Kier alpha value is -6.06. The summed E-state index contributed by atoms with van der Waals surface area (Å²) in [5.74, 6) is 0. The van der Waals surface area contributed by atoms with Crippen LogP contribution in [0, 0.1) is 0 Å². The molecule has 0 bridgehead atoms. The first-order valence-electron chi connectivity index (χ1n) is 15.2. The van der Waals surface area contributed by atoms with Gasteiger partial charge in [0.05, 0.1) is 11.1 Å². The van der Waals surface area contributed by atoms with Crippen molar-refractivity contribution in [2.75, 3.05) is 4.90 Å². The first kappa shape index (κ1) is 25.4. The Bertz CT molecular complexity index is 2490. The molecule has 0 radical (unpaired) electrons. The maximum Gasteiger partial charge on any atom is 0.143 e. The van der Waals surface area contributed by atoms with E-state index in [-0.39, 0.29) is 0 Å². The number of nitrogens with zero attached hydrogens (tertiary/aromatic N) is 1. The molecule has 3 nitrogen and oxygen atoms in total. The molecule has 2 heterocycles. The summed E-state index contributed by atoms with van der Waals surface area (Å²) in [5, 5.41) is 4.43. The lowest BCUT2D eigenvalue weighted by atomic mass is 10.0. The molecule has 0 saturated heterocycles. The Morgan fingerprint density at radius 1 is 0.378 bits per heavy atom. The highest BCUT2D eigenvalue weighted by Gasteiger charge is 2.20. The molecule has 0 spiro atoms. The summed E-state index contributed by atoms with van der Waals surface area (Å²) < 4.78 is 12.8. The van der Waals surface area contributed by atoms with E-state index in [0.717, 1.165) is 72.1 Å². The Balaban J connectivity index is 1.26. The number of para-hydroxylation sites is 3. The number of benzene rings is 7.